The van der Waals surface area contributed by atoms with E-state index in [2.05, 4.69) is 12.2 Å². The van der Waals surface area contributed by atoms with E-state index in [1.807, 2.05) is 16.7 Å². The topological polar surface area (TPSA) is 32.3 Å². The van der Waals surface area contributed by atoms with Gasteiger partial charge in [0, 0.05) is 30.6 Å². The highest BCUT2D eigenvalue weighted by molar-refractivity contribution is 7.99. The molecule has 0 aromatic rings. The molecule has 1 N–H and O–H groups in total. The quantitative estimate of drug-likeness (QED) is 0.692. The first-order valence-corrected chi connectivity index (χ1v) is 6.54. The van der Waals surface area contributed by atoms with E-state index in [0.29, 0.717) is 11.9 Å². The van der Waals surface area contributed by atoms with Crippen molar-refractivity contribution in [1.29, 1.82) is 0 Å². The maximum Gasteiger partial charge on any atom is 0.227 e. The van der Waals surface area contributed by atoms with Crippen LogP contribution in [0.25, 0.3) is 0 Å². The van der Waals surface area contributed by atoms with Crippen molar-refractivity contribution in [2.75, 3.05) is 31.1 Å². The van der Waals surface area contributed by atoms with Crippen LogP contribution in [0.15, 0.2) is 0 Å². The second-order valence-corrected chi connectivity index (χ2v) is 5.30. The third kappa shape index (κ3) is 2.06. The molecular weight excluding hydrogens is 196 g/mol. The minimum atomic E-state index is 0.234. The van der Waals surface area contributed by atoms with Crippen LogP contribution in [0.5, 0.6) is 0 Å². The Bertz CT molecular complexity index is 216. The number of carbonyl (C=O) groups excluding carboxylic acids is 1. The number of rotatable bonds is 1. The van der Waals surface area contributed by atoms with Crippen LogP contribution in [0.2, 0.25) is 0 Å². The van der Waals surface area contributed by atoms with Crippen molar-refractivity contribution in [3.8, 4) is 0 Å². The number of nitrogens with one attached hydrogen (secondary N) is 1. The van der Waals surface area contributed by atoms with E-state index in [-0.39, 0.29) is 5.92 Å². The molecule has 0 aliphatic carbocycles. The van der Waals surface area contributed by atoms with Crippen molar-refractivity contribution >= 4 is 17.7 Å². The molecule has 2 atom stereocenters. The normalized spacial score (nSPS) is 33.4. The van der Waals surface area contributed by atoms with Gasteiger partial charge in [0.15, 0.2) is 0 Å². The number of carbonyl (C=O) groups is 1. The van der Waals surface area contributed by atoms with Gasteiger partial charge in [0.05, 0.1) is 5.92 Å². The molecule has 2 fully saturated rings. The van der Waals surface area contributed by atoms with Gasteiger partial charge in [-0.05, 0) is 19.9 Å². The molecule has 4 heteroatoms. The molecule has 0 spiro atoms. The first-order valence-electron chi connectivity index (χ1n) is 5.39. The summed E-state index contributed by atoms with van der Waals surface area (Å²) >= 11 is 1.95. The minimum absolute atomic E-state index is 0.234. The number of nitrogens with zero attached hydrogens (tertiary/aromatic N) is 1. The second kappa shape index (κ2) is 4.53. The van der Waals surface area contributed by atoms with Crippen molar-refractivity contribution in [3.05, 3.63) is 0 Å². The smallest absolute Gasteiger partial charge is 0.227 e. The second-order valence-electron chi connectivity index (χ2n) is 4.08. The Balaban J connectivity index is 1.92. The number of hydrogen-bond acceptors (Lipinski definition) is 3. The Kier molecular flexibility index (Phi) is 3.34. The summed E-state index contributed by atoms with van der Waals surface area (Å²) in [4.78, 5) is 14.1. The zero-order chi connectivity index (χ0) is 9.97. The van der Waals surface area contributed by atoms with Gasteiger partial charge in [-0.2, -0.15) is 11.8 Å². The summed E-state index contributed by atoms with van der Waals surface area (Å²) in [5.74, 6) is 2.83. The number of amides is 1. The summed E-state index contributed by atoms with van der Waals surface area (Å²) < 4.78 is 0. The lowest BCUT2D eigenvalue weighted by atomic mass is 10.0. The Hall–Kier alpha value is -0.220. The average Bonchev–Trinajstić information content (AvgIpc) is 2.65. The molecule has 0 aromatic carbocycles. The molecule has 2 rings (SSSR count). The van der Waals surface area contributed by atoms with Crippen LogP contribution in [0, 0.1) is 5.92 Å². The van der Waals surface area contributed by atoms with E-state index in [4.69, 9.17) is 0 Å². The Morgan fingerprint density at radius 3 is 2.71 bits per heavy atom. The lowest BCUT2D eigenvalue weighted by molar-refractivity contribution is -0.135. The summed E-state index contributed by atoms with van der Waals surface area (Å²) in [7, 11) is 0. The van der Waals surface area contributed by atoms with Crippen molar-refractivity contribution in [2.45, 2.75) is 19.4 Å². The summed E-state index contributed by atoms with van der Waals surface area (Å²) in [6, 6.07) is 0.372. The number of hydrogen-bond donors (Lipinski definition) is 1. The van der Waals surface area contributed by atoms with Gasteiger partial charge in [-0.25, -0.2) is 0 Å². The monoisotopic (exact) mass is 214 g/mol. The van der Waals surface area contributed by atoms with E-state index in [1.165, 1.54) is 0 Å². The zero-order valence-corrected chi connectivity index (χ0v) is 9.48. The van der Waals surface area contributed by atoms with Gasteiger partial charge in [0.2, 0.25) is 5.91 Å². The van der Waals surface area contributed by atoms with E-state index in [0.717, 1.165) is 37.6 Å². The standard InChI is InChI=1S/C10H18N2OS/c1-8-9(2-3-11-8)10(13)12-4-6-14-7-5-12/h8-9,11H,2-7H2,1H3. The van der Waals surface area contributed by atoms with Gasteiger partial charge >= 0.3 is 0 Å². The molecular formula is C10H18N2OS. The number of thioether (sulfide) groups is 1. The third-order valence-electron chi connectivity index (χ3n) is 3.17. The van der Waals surface area contributed by atoms with Gasteiger partial charge in [-0.15, -0.1) is 0 Å². The van der Waals surface area contributed by atoms with Crippen molar-refractivity contribution in [3.63, 3.8) is 0 Å². The molecule has 2 saturated heterocycles. The van der Waals surface area contributed by atoms with Crippen LogP contribution < -0.4 is 5.32 Å². The van der Waals surface area contributed by atoms with Crippen molar-refractivity contribution in [2.24, 2.45) is 5.92 Å². The Morgan fingerprint density at radius 1 is 1.43 bits per heavy atom. The van der Waals surface area contributed by atoms with Gasteiger partial charge in [-0.3, -0.25) is 4.79 Å². The highest BCUT2D eigenvalue weighted by Gasteiger charge is 2.32. The fourth-order valence-electron chi connectivity index (χ4n) is 2.21. The maximum atomic E-state index is 12.1. The summed E-state index contributed by atoms with van der Waals surface area (Å²) in [5, 5.41) is 3.34. The van der Waals surface area contributed by atoms with E-state index in [1.54, 1.807) is 0 Å². The SMILES string of the molecule is CC1NCCC1C(=O)N1CCSCC1. The molecule has 2 aliphatic rings. The summed E-state index contributed by atoms with van der Waals surface area (Å²) in [6.45, 7) is 5.02. The zero-order valence-electron chi connectivity index (χ0n) is 8.66. The summed E-state index contributed by atoms with van der Waals surface area (Å²) in [6.07, 6.45) is 1.02. The van der Waals surface area contributed by atoms with Gasteiger partial charge in [0.25, 0.3) is 0 Å². The molecule has 14 heavy (non-hydrogen) atoms. The van der Waals surface area contributed by atoms with Crippen LogP contribution in [0.1, 0.15) is 13.3 Å². The Morgan fingerprint density at radius 2 is 2.14 bits per heavy atom. The van der Waals surface area contributed by atoms with Crippen molar-refractivity contribution in [1.82, 2.24) is 10.2 Å². The predicted molar refractivity (Wildman–Crippen MR) is 59.5 cm³/mol. The molecule has 2 unspecified atom stereocenters. The lowest BCUT2D eigenvalue weighted by Crippen LogP contribution is -2.44. The molecule has 0 bridgehead atoms. The largest absolute Gasteiger partial charge is 0.341 e. The van der Waals surface area contributed by atoms with E-state index in [9.17, 15) is 4.79 Å². The molecule has 0 aromatic heterocycles. The molecule has 0 radical (unpaired) electrons. The fourth-order valence-corrected chi connectivity index (χ4v) is 3.12. The van der Waals surface area contributed by atoms with Crippen LogP contribution in [-0.4, -0.2) is 48.0 Å². The molecule has 1 amide bonds. The lowest BCUT2D eigenvalue weighted by Gasteiger charge is -2.30. The van der Waals surface area contributed by atoms with Crippen LogP contribution in [0.3, 0.4) is 0 Å². The minimum Gasteiger partial charge on any atom is -0.341 e. The third-order valence-corrected chi connectivity index (χ3v) is 4.11. The molecule has 3 nitrogen and oxygen atoms in total. The van der Waals surface area contributed by atoms with E-state index >= 15 is 0 Å². The van der Waals surface area contributed by atoms with Gasteiger partial charge in [-0.1, -0.05) is 0 Å². The van der Waals surface area contributed by atoms with Crippen LogP contribution in [0.4, 0.5) is 0 Å². The first-order chi connectivity index (χ1) is 6.79. The maximum absolute atomic E-state index is 12.1. The molecule has 2 aliphatic heterocycles. The van der Waals surface area contributed by atoms with Crippen molar-refractivity contribution < 1.29 is 4.79 Å². The summed E-state index contributed by atoms with van der Waals surface area (Å²) in [5.41, 5.74) is 0. The van der Waals surface area contributed by atoms with Crippen LogP contribution >= 0.6 is 11.8 Å². The Labute approximate surface area is 89.6 Å². The van der Waals surface area contributed by atoms with Crippen LogP contribution in [-0.2, 0) is 4.79 Å². The highest BCUT2D eigenvalue weighted by atomic mass is 32.2. The molecule has 2 heterocycles. The predicted octanol–water partition coefficient (Wildman–Crippen LogP) is 0.560. The van der Waals surface area contributed by atoms with Gasteiger partial charge in [0.1, 0.15) is 0 Å². The highest BCUT2D eigenvalue weighted by Crippen LogP contribution is 2.20. The average molecular weight is 214 g/mol. The molecule has 80 valence electrons. The first kappa shape index (κ1) is 10.3. The fraction of sp³-hybridized carbons (Fsp3) is 0.900. The van der Waals surface area contributed by atoms with E-state index < -0.39 is 0 Å². The van der Waals surface area contributed by atoms with Gasteiger partial charge < -0.3 is 10.2 Å². The molecule has 0 saturated carbocycles.